The Balaban J connectivity index is 2.21. The highest BCUT2D eigenvalue weighted by Gasteiger charge is 2.42. The Morgan fingerprint density at radius 3 is 2.45 bits per heavy atom. The third kappa shape index (κ3) is 1.91. The van der Waals surface area contributed by atoms with Crippen LogP contribution in [0.5, 0.6) is 0 Å². The van der Waals surface area contributed by atoms with Gasteiger partial charge in [0.05, 0.1) is 5.60 Å². The monoisotopic (exact) mass is 267 g/mol. The number of rotatable bonds is 2. The average molecular weight is 267 g/mol. The Labute approximate surface area is 118 Å². The summed E-state index contributed by atoms with van der Waals surface area (Å²) in [5.41, 5.74) is 8.05. The highest BCUT2D eigenvalue weighted by Crippen LogP contribution is 2.45. The Hall–Kier alpha value is -2.13. The minimum atomic E-state index is -0.907. The van der Waals surface area contributed by atoms with E-state index in [0.717, 1.165) is 16.7 Å². The van der Waals surface area contributed by atoms with E-state index in [-0.39, 0.29) is 5.92 Å². The molecule has 1 aliphatic rings. The second kappa shape index (κ2) is 4.46. The molecule has 0 heterocycles. The molecular weight excluding hydrogens is 250 g/mol. The fraction of sp³-hybridized carbons (Fsp3) is 0.235. The molecule has 0 spiro atoms. The third-order valence-electron chi connectivity index (χ3n) is 4.07. The summed E-state index contributed by atoms with van der Waals surface area (Å²) in [6.45, 7) is 1.81. The zero-order chi connectivity index (χ0) is 14.3. The van der Waals surface area contributed by atoms with Gasteiger partial charge in [0.15, 0.2) is 0 Å². The van der Waals surface area contributed by atoms with Gasteiger partial charge in [0.2, 0.25) is 5.91 Å². The van der Waals surface area contributed by atoms with Crippen molar-refractivity contribution in [1.82, 2.24) is 0 Å². The Morgan fingerprint density at radius 2 is 1.75 bits per heavy atom. The first-order chi connectivity index (χ1) is 9.50. The van der Waals surface area contributed by atoms with E-state index < -0.39 is 11.5 Å². The molecule has 2 atom stereocenters. The number of amides is 1. The summed E-state index contributed by atoms with van der Waals surface area (Å²) in [6, 6.07) is 15.2. The second-order valence-electron chi connectivity index (χ2n) is 5.62. The molecule has 2 aromatic carbocycles. The summed E-state index contributed by atoms with van der Waals surface area (Å²) in [7, 11) is 0. The molecule has 0 unspecified atom stereocenters. The molecule has 0 aromatic heterocycles. The number of benzene rings is 2. The summed E-state index contributed by atoms with van der Waals surface area (Å²) in [5.74, 6) is -0.678. The van der Waals surface area contributed by atoms with E-state index in [1.807, 2.05) is 43.3 Å². The van der Waals surface area contributed by atoms with Gasteiger partial charge in [-0.1, -0.05) is 42.5 Å². The molecule has 1 amide bonds. The lowest BCUT2D eigenvalue weighted by Crippen LogP contribution is -2.31. The first kappa shape index (κ1) is 12.9. The van der Waals surface area contributed by atoms with Gasteiger partial charge in [0.25, 0.3) is 0 Å². The molecule has 3 N–H and O–H groups in total. The van der Waals surface area contributed by atoms with E-state index in [1.165, 1.54) is 0 Å². The van der Waals surface area contributed by atoms with Gasteiger partial charge in [-0.25, -0.2) is 0 Å². The van der Waals surface area contributed by atoms with Crippen molar-refractivity contribution in [3.05, 3.63) is 70.8 Å². The zero-order valence-corrected chi connectivity index (χ0v) is 11.3. The van der Waals surface area contributed by atoms with E-state index in [9.17, 15) is 9.90 Å². The standard InChI is InChI=1S/C17H17NO2/c1-17(20)10-11-6-2-3-7-12(11)15(17)13-8-4-5-9-14(13)16(18)19/h2-9,15,20H,10H2,1H3,(H2,18,19)/t15-,17-/m1/s1. The lowest BCUT2D eigenvalue weighted by molar-refractivity contribution is 0.0549. The predicted octanol–water partition coefficient (Wildman–Crippen LogP) is 2.22. The lowest BCUT2D eigenvalue weighted by atomic mass is 9.81. The number of fused-ring (bicyclic) bond motifs is 1. The minimum absolute atomic E-state index is 0.220. The number of hydrogen-bond donors (Lipinski definition) is 2. The maximum atomic E-state index is 11.6. The Bertz CT molecular complexity index is 676. The van der Waals surface area contributed by atoms with Crippen LogP contribution in [-0.4, -0.2) is 16.6 Å². The number of carbonyl (C=O) groups excluding carboxylic acids is 1. The van der Waals surface area contributed by atoms with Crippen LogP contribution in [0.25, 0.3) is 0 Å². The number of carbonyl (C=O) groups is 1. The largest absolute Gasteiger partial charge is 0.389 e. The Morgan fingerprint density at radius 1 is 1.15 bits per heavy atom. The first-order valence-corrected chi connectivity index (χ1v) is 6.69. The molecular formula is C17H17NO2. The fourth-order valence-electron chi connectivity index (χ4n) is 3.28. The lowest BCUT2D eigenvalue weighted by Gasteiger charge is -2.28. The van der Waals surface area contributed by atoms with Crippen molar-refractivity contribution in [3.8, 4) is 0 Å². The van der Waals surface area contributed by atoms with Crippen molar-refractivity contribution < 1.29 is 9.90 Å². The topological polar surface area (TPSA) is 63.3 Å². The molecule has 3 heteroatoms. The quantitative estimate of drug-likeness (QED) is 0.876. The average Bonchev–Trinajstić information content (AvgIpc) is 2.68. The minimum Gasteiger partial charge on any atom is -0.389 e. The molecule has 0 fully saturated rings. The predicted molar refractivity (Wildman–Crippen MR) is 77.6 cm³/mol. The highest BCUT2D eigenvalue weighted by atomic mass is 16.3. The van der Waals surface area contributed by atoms with Crippen LogP contribution in [0.2, 0.25) is 0 Å². The molecule has 2 aromatic rings. The van der Waals surface area contributed by atoms with Crippen LogP contribution in [0.1, 0.15) is 39.9 Å². The van der Waals surface area contributed by atoms with Crippen LogP contribution in [0.15, 0.2) is 48.5 Å². The summed E-state index contributed by atoms with van der Waals surface area (Å²) in [5, 5.41) is 10.8. The zero-order valence-electron chi connectivity index (χ0n) is 11.3. The number of hydrogen-bond acceptors (Lipinski definition) is 2. The van der Waals surface area contributed by atoms with Crippen molar-refractivity contribution in [3.63, 3.8) is 0 Å². The van der Waals surface area contributed by atoms with Crippen molar-refractivity contribution in [2.45, 2.75) is 24.9 Å². The van der Waals surface area contributed by atoms with Crippen molar-refractivity contribution in [2.24, 2.45) is 5.73 Å². The van der Waals surface area contributed by atoms with Crippen LogP contribution in [0.3, 0.4) is 0 Å². The van der Waals surface area contributed by atoms with Crippen LogP contribution in [0.4, 0.5) is 0 Å². The van der Waals surface area contributed by atoms with E-state index in [2.05, 4.69) is 0 Å². The molecule has 3 nitrogen and oxygen atoms in total. The normalized spacial score (nSPS) is 24.4. The van der Waals surface area contributed by atoms with Gasteiger partial charge in [-0.3, -0.25) is 4.79 Å². The highest BCUT2D eigenvalue weighted by molar-refractivity contribution is 5.94. The first-order valence-electron chi connectivity index (χ1n) is 6.69. The molecule has 1 aliphatic carbocycles. The summed E-state index contributed by atoms with van der Waals surface area (Å²) < 4.78 is 0. The molecule has 0 saturated heterocycles. The molecule has 0 bridgehead atoms. The van der Waals surface area contributed by atoms with Crippen molar-refractivity contribution >= 4 is 5.91 Å². The van der Waals surface area contributed by atoms with E-state index >= 15 is 0 Å². The number of primary amides is 1. The smallest absolute Gasteiger partial charge is 0.249 e. The van der Waals surface area contributed by atoms with Gasteiger partial charge in [0.1, 0.15) is 0 Å². The van der Waals surface area contributed by atoms with Crippen molar-refractivity contribution in [1.29, 1.82) is 0 Å². The van der Waals surface area contributed by atoms with Crippen LogP contribution >= 0.6 is 0 Å². The SMILES string of the molecule is C[C@@]1(O)Cc2ccccc2[C@@H]1c1ccccc1C(N)=O. The van der Waals surface area contributed by atoms with E-state index in [0.29, 0.717) is 12.0 Å². The molecule has 0 saturated carbocycles. The summed E-state index contributed by atoms with van der Waals surface area (Å²) in [6.07, 6.45) is 0.584. The Kier molecular flexibility index (Phi) is 2.87. The van der Waals surface area contributed by atoms with E-state index in [1.54, 1.807) is 12.1 Å². The van der Waals surface area contributed by atoms with Gasteiger partial charge in [-0.2, -0.15) is 0 Å². The number of aliphatic hydroxyl groups is 1. The summed E-state index contributed by atoms with van der Waals surface area (Å²) in [4.78, 5) is 11.6. The molecule has 102 valence electrons. The number of nitrogens with two attached hydrogens (primary N) is 1. The van der Waals surface area contributed by atoms with Crippen LogP contribution in [0, 0.1) is 0 Å². The van der Waals surface area contributed by atoms with Crippen LogP contribution < -0.4 is 5.73 Å². The molecule has 0 radical (unpaired) electrons. The van der Waals surface area contributed by atoms with E-state index in [4.69, 9.17) is 5.73 Å². The molecule has 3 rings (SSSR count). The maximum Gasteiger partial charge on any atom is 0.249 e. The van der Waals surface area contributed by atoms with Gasteiger partial charge in [-0.15, -0.1) is 0 Å². The fourth-order valence-corrected chi connectivity index (χ4v) is 3.28. The molecule has 20 heavy (non-hydrogen) atoms. The van der Waals surface area contributed by atoms with Crippen LogP contribution in [-0.2, 0) is 6.42 Å². The second-order valence-corrected chi connectivity index (χ2v) is 5.62. The van der Waals surface area contributed by atoms with Gasteiger partial charge in [0, 0.05) is 17.9 Å². The maximum absolute atomic E-state index is 11.6. The van der Waals surface area contributed by atoms with Gasteiger partial charge >= 0.3 is 0 Å². The molecule has 0 aliphatic heterocycles. The van der Waals surface area contributed by atoms with Crippen molar-refractivity contribution in [2.75, 3.05) is 0 Å². The van der Waals surface area contributed by atoms with Gasteiger partial charge in [-0.05, 0) is 29.7 Å². The summed E-state index contributed by atoms with van der Waals surface area (Å²) >= 11 is 0. The van der Waals surface area contributed by atoms with Gasteiger partial charge < -0.3 is 10.8 Å². The third-order valence-corrected chi connectivity index (χ3v) is 4.07.